The molecule has 4 nitrogen and oxygen atoms in total. The molecule has 0 aliphatic rings. The van der Waals surface area contributed by atoms with Crippen molar-refractivity contribution in [2.45, 2.75) is 45.7 Å². The standard InChI is InChI=1S/C12H24N4S/c1-11(2)16-12(14-10-15-16)9-13-7-5-4-6-8-17-3/h10-11,13H,4-9H2,1-3H3. The van der Waals surface area contributed by atoms with E-state index in [0.29, 0.717) is 6.04 Å². The van der Waals surface area contributed by atoms with Gasteiger partial charge in [0.2, 0.25) is 0 Å². The summed E-state index contributed by atoms with van der Waals surface area (Å²) in [4.78, 5) is 4.27. The summed E-state index contributed by atoms with van der Waals surface area (Å²) in [7, 11) is 0. The van der Waals surface area contributed by atoms with Crippen LogP contribution < -0.4 is 5.32 Å². The lowest BCUT2D eigenvalue weighted by molar-refractivity contribution is 0.487. The van der Waals surface area contributed by atoms with Crippen molar-refractivity contribution in [2.75, 3.05) is 18.6 Å². The Morgan fingerprint density at radius 2 is 2.18 bits per heavy atom. The van der Waals surface area contributed by atoms with E-state index in [1.54, 1.807) is 6.33 Å². The Bertz CT molecular complexity index is 298. The van der Waals surface area contributed by atoms with Crippen LogP contribution in [0.2, 0.25) is 0 Å². The Hall–Kier alpha value is -0.550. The molecule has 0 spiro atoms. The summed E-state index contributed by atoms with van der Waals surface area (Å²) >= 11 is 1.93. The number of unbranched alkanes of at least 4 members (excludes halogenated alkanes) is 2. The first-order valence-electron chi connectivity index (χ1n) is 6.33. The molecule has 1 rings (SSSR count). The van der Waals surface area contributed by atoms with Gasteiger partial charge in [-0.3, -0.25) is 0 Å². The molecule has 0 amide bonds. The maximum atomic E-state index is 4.27. The van der Waals surface area contributed by atoms with E-state index >= 15 is 0 Å². The van der Waals surface area contributed by atoms with E-state index in [9.17, 15) is 0 Å². The highest BCUT2D eigenvalue weighted by molar-refractivity contribution is 7.98. The van der Waals surface area contributed by atoms with Gasteiger partial charge in [-0.25, -0.2) is 9.67 Å². The lowest BCUT2D eigenvalue weighted by atomic mass is 10.2. The molecule has 1 N–H and O–H groups in total. The van der Waals surface area contributed by atoms with Crippen LogP contribution in [0.5, 0.6) is 0 Å². The second kappa shape index (κ2) is 8.53. The summed E-state index contributed by atoms with van der Waals surface area (Å²) in [5.74, 6) is 2.31. The second-order valence-corrected chi connectivity index (χ2v) is 5.43. The molecule has 1 heterocycles. The molecule has 17 heavy (non-hydrogen) atoms. The molecular weight excluding hydrogens is 232 g/mol. The van der Waals surface area contributed by atoms with Crippen LogP contribution in [0.15, 0.2) is 6.33 Å². The Morgan fingerprint density at radius 3 is 2.88 bits per heavy atom. The first-order chi connectivity index (χ1) is 8.25. The summed E-state index contributed by atoms with van der Waals surface area (Å²) < 4.78 is 1.97. The number of aromatic nitrogens is 3. The van der Waals surface area contributed by atoms with Crippen LogP contribution in [-0.2, 0) is 6.54 Å². The quantitative estimate of drug-likeness (QED) is 0.689. The molecule has 0 atom stereocenters. The van der Waals surface area contributed by atoms with E-state index in [0.717, 1.165) is 18.9 Å². The lowest BCUT2D eigenvalue weighted by Gasteiger charge is -2.09. The van der Waals surface area contributed by atoms with Gasteiger partial charge >= 0.3 is 0 Å². The van der Waals surface area contributed by atoms with Crippen LogP contribution in [-0.4, -0.2) is 33.3 Å². The van der Waals surface area contributed by atoms with Gasteiger partial charge < -0.3 is 5.32 Å². The maximum absolute atomic E-state index is 4.27. The van der Waals surface area contributed by atoms with Crippen LogP contribution in [0.4, 0.5) is 0 Å². The summed E-state index contributed by atoms with van der Waals surface area (Å²) in [6.45, 7) is 6.14. The molecule has 0 fully saturated rings. The Kier molecular flexibility index (Phi) is 7.28. The van der Waals surface area contributed by atoms with Crippen molar-refractivity contribution in [3.8, 4) is 0 Å². The SMILES string of the molecule is CSCCCCCNCc1ncnn1C(C)C. The zero-order valence-corrected chi connectivity index (χ0v) is 12.0. The molecule has 0 saturated heterocycles. The molecule has 0 bridgehead atoms. The number of hydrogen-bond acceptors (Lipinski definition) is 4. The minimum atomic E-state index is 0.385. The fraction of sp³-hybridized carbons (Fsp3) is 0.833. The van der Waals surface area contributed by atoms with Crippen molar-refractivity contribution in [1.82, 2.24) is 20.1 Å². The van der Waals surface area contributed by atoms with E-state index in [4.69, 9.17) is 0 Å². The molecule has 0 aliphatic carbocycles. The first kappa shape index (κ1) is 14.5. The van der Waals surface area contributed by atoms with Gasteiger partial charge in [0.05, 0.1) is 6.54 Å². The monoisotopic (exact) mass is 256 g/mol. The molecular formula is C12H24N4S. The van der Waals surface area contributed by atoms with Gasteiger partial charge in [0.1, 0.15) is 12.2 Å². The van der Waals surface area contributed by atoms with E-state index in [1.165, 1.54) is 25.0 Å². The fourth-order valence-electron chi connectivity index (χ4n) is 1.71. The van der Waals surface area contributed by atoms with Crippen LogP contribution in [0, 0.1) is 0 Å². The summed E-state index contributed by atoms with van der Waals surface area (Å²) in [5, 5.41) is 7.65. The highest BCUT2D eigenvalue weighted by atomic mass is 32.2. The fourth-order valence-corrected chi connectivity index (χ4v) is 2.20. The van der Waals surface area contributed by atoms with E-state index in [1.807, 2.05) is 16.4 Å². The number of nitrogens with zero attached hydrogens (tertiary/aromatic N) is 3. The topological polar surface area (TPSA) is 42.7 Å². The van der Waals surface area contributed by atoms with Crippen LogP contribution >= 0.6 is 11.8 Å². The average molecular weight is 256 g/mol. The lowest BCUT2D eigenvalue weighted by Crippen LogP contribution is -2.19. The zero-order chi connectivity index (χ0) is 12.5. The Balaban J connectivity index is 2.11. The largest absolute Gasteiger partial charge is 0.310 e. The predicted molar refractivity (Wildman–Crippen MR) is 74.3 cm³/mol. The van der Waals surface area contributed by atoms with E-state index < -0.39 is 0 Å². The number of rotatable bonds is 9. The van der Waals surface area contributed by atoms with Gasteiger partial charge in [-0.15, -0.1) is 0 Å². The smallest absolute Gasteiger partial charge is 0.141 e. The summed E-state index contributed by atoms with van der Waals surface area (Å²) in [6.07, 6.45) is 7.68. The number of thioether (sulfide) groups is 1. The minimum absolute atomic E-state index is 0.385. The van der Waals surface area contributed by atoms with Crippen LogP contribution in [0.1, 0.15) is 45.0 Å². The van der Waals surface area contributed by atoms with Gasteiger partial charge in [-0.05, 0) is 45.2 Å². The summed E-state index contributed by atoms with van der Waals surface area (Å²) in [6, 6.07) is 0.385. The third-order valence-electron chi connectivity index (χ3n) is 2.62. The molecule has 0 saturated carbocycles. The molecule has 1 aromatic heterocycles. The van der Waals surface area contributed by atoms with Crippen molar-refractivity contribution in [2.24, 2.45) is 0 Å². The minimum Gasteiger partial charge on any atom is -0.310 e. The van der Waals surface area contributed by atoms with E-state index in [-0.39, 0.29) is 0 Å². The Morgan fingerprint density at radius 1 is 1.35 bits per heavy atom. The third kappa shape index (κ3) is 5.55. The van der Waals surface area contributed by atoms with E-state index in [2.05, 4.69) is 35.5 Å². The summed E-state index contributed by atoms with van der Waals surface area (Å²) in [5.41, 5.74) is 0. The normalized spacial score (nSPS) is 11.3. The first-order valence-corrected chi connectivity index (χ1v) is 7.73. The van der Waals surface area contributed by atoms with Crippen molar-refractivity contribution in [3.05, 3.63) is 12.2 Å². The Labute approximate surface area is 109 Å². The maximum Gasteiger partial charge on any atom is 0.141 e. The van der Waals surface area contributed by atoms with Crippen molar-refractivity contribution >= 4 is 11.8 Å². The van der Waals surface area contributed by atoms with Crippen LogP contribution in [0.25, 0.3) is 0 Å². The average Bonchev–Trinajstić information content (AvgIpc) is 2.76. The van der Waals surface area contributed by atoms with Crippen LogP contribution in [0.3, 0.4) is 0 Å². The molecule has 0 radical (unpaired) electrons. The van der Waals surface area contributed by atoms with Gasteiger partial charge in [-0.1, -0.05) is 6.42 Å². The second-order valence-electron chi connectivity index (χ2n) is 4.44. The zero-order valence-electron chi connectivity index (χ0n) is 11.1. The van der Waals surface area contributed by atoms with Gasteiger partial charge in [-0.2, -0.15) is 16.9 Å². The molecule has 5 heteroatoms. The number of nitrogens with one attached hydrogen (secondary N) is 1. The molecule has 0 unspecified atom stereocenters. The highest BCUT2D eigenvalue weighted by Gasteiger charge is 2.06. The van der Waals surface area contributed by atoms with Gasteiger partial charge in [0, 0.05) is 6.04 Å². The van der Waals surface area contributed by atoms with Crippen molar-refractivity contribution in [3.63, 3.8) is 0 Å². The highest BCUT2D eigenvalue weighted by Crippen LogP contribution is 2.05. The molecule has 1 aromatic rings. The molecule has 0 aliphatic heterocycles. The molecule has 0 aromatic carbocycles. The third-order valence-corrected chi connectivity index (χ3v) is 3.32. The van der Waals surface area contributed by atoms with Crippen molar-refractivity contribution < 1.29 is 0 Å². The number of hydrogen-bond donors (Lipinski definition) is 1. The molecule has 98 valence electrons. The predicted octanol–water partition coefficient (Wildman–Crippen LogP) is 2.48. The van der Waals surface area contributed by atoms with Gasteiger partial charge in [0.25, 0.3) is 0 Å². The van der Waals surface area contributed by atoms with Crippen molar-refractivity contribution in [1.29, 1.82) is 0 Å². The van der Waals surface area contributed by atoms with Gasteiger partial charge in [0.15, 0.2) is 0 Å².